The van der Waals surface area contributed by atoms with Crippen molar-refractivity contribution in [1.29, 1.82) is 0 Å². The molecule has 0 aliphatic heterocycles. The zero-order chi connectivity index (χ0) is 31.6. The van der Waals surface area contributed by atoms with Gasteiger partial charge >= 0.3 is 0 Å². The van der Waals surface area contributed by atoms with E-state index in [-0.39, 0.29) is 0 Å². The maximum absolute atomic E-state index is 6.53. The summed E-state index contributed by atoms with van der Waals surface area (Å²) in [6, 6.07) is 45.2. The van der Waals surface area contributed by atoms with Crippen molar-refractivity contribution in [2.24, 2.45) is 0 Å². The summed E-state index contributed by atoms with van der Waals surface area (Å²) in [5.74, 6) is 1.63. The fourth-order valence-corrected chi connectivity index (χ4v) is 6.80. The molecule has 0 amide bonds. The Labute approximate surface area is 274 Å². The van der Waals surface area contributed by atoms with Crippen LogP contribution in [0.4, 0.5) is 0 Å². The molecular formula is C42H24N4O2. The van der Waals surface area contributed by atoms with Gasteiger partial charge in [-0.3, -0.25) is 4.98 Å². The van der Waals surface area contributed by atoms with Crippen LogP contribution < -0.4 is 0 Å². The van der Waals surface area contributed by atoms with Gasteiger partial charge in [0, 0.05) is 50.0 Å². The molecule has 0 saturated heterocycles. The summed E-state index contributed by atoms with van der Waals surface area (Å²) in [4.78, 5) is 20.0. The quantitative estimate of drug-likeness (QED) is 0.196. The van der Waals surface area contributed by atoms with E-state index in [1.54, 1.807) is 6.20 Å². The summed E-state index contributed by atoms with van der Waals surface area (Å²) >= 11 is 0. The molecule has 0 unspecified atom stereocenters. The van der Waals surface area contributed by atoms with Gasteiger partial charge in [0.2, 0.25) is 0 Å². The van der Waals surface area contributed by atoms with E-state index in [0.29, 0.717) is 23.1 Å². The van der Waals surface area contributed by atoms with Gasteiger partial charge in [0.1, 0.15) is 16.7 Å². The Morgan fingerprint density at radius 3 is 2.00 bits per heavy atom. The predicted molar refractivity (Wildman–Crippen MR) is 191 cm³/mol. The monoisotopic (exact) mass is 616 g/mol. The molecule has 0 spiro atoms. The average molecular weight is 617 g/mol. The Morgan fingerprint density at radius 1 is 0.396 bits per heavy atom. The van der Waals surface area contributed by atoms with E-state index < -0.39 is 0 Å². The van der Waals surface area contributed by atoms with Gasteiger partial charge in [-0.15, -0.1) is 0 Å². The second kappa shape index (κ2) is 10.4. The van der Waals surface area contributed by atoms with Gasteiger partial charge in [-0.2, -0.15) is 0 Å². The molecule has 0 fully saturated rings. The van der Waals surface area contributed by atoms with E-state index >= 15 is 0 Å². The molecule has 6 nitrogen and oxygen atoms in total. The van der Waals surface area contributed by atoms with E-state index in [4.69, 9.17) is 23.8 Å². The summed E-state index contributed by atoms with van der Waals surface area (Å²) in [5, 5.41) is 6.12. The molecule has 4 heterocycles. The highest BCUT2D eigenvalue weighted by atomic mass is 16.3. The van der Waals surface area contributed by atoms with Crippen LogP contribution in [0.25, 0.3) is 99.9 Å². The molecule has 10 rings (SSSR count). The number of hydrogen-bond donors (Lipinski definition) is 0. The van der Waals surface area contributed by atoms with Crippen molar-refractivity contribution < 1.29 is 8.83 Å². The molecule has 4 aromatic heterocycles. The molecule has 48 heavy (non-hydrogen) atoms. The second-order valence-corrected chi connectivity index (χ2v) is 11.9. The standard InChI is InChI=1S/C42H24N4O2/c1-2-11-26(12-3-1)29-15-8-16-31-38-33(23-43-24-36(38)48-39(29)31)42-45-40(28-21-20-25-10-4-5-13-27(25)22-28)44-41(46-42)32-17-9-19-35-37(32)30-14-6-7-18-34(30)47-35/h1-24H. The third-order valence-electron chi connectivity index (χ3n) is 9.02. The average Bonchev–Trinajstić information content (AvgIpc) is 3.73. The van der Waals surface area contributed by atoms with Gasteiger partial charge in [-0.1, -0.05) is 115 Å². The summed E-state index contributed by atoms with van der Waals surface area (Å²) in [7, 11) is 0. The van der Waals surface area contributed by atoms with Crippen LogP contribution in [-0.4, -0.2) is 19.9 Å². The largest absolute Gasteiger partial charge is 0.456 e. The van der Waals surface area contributed by atoms with Gasteiger partial charge in [-0.05, 0) is 34.5 Å². The van der Waals surface area contributed by atoms with E-state index in [1.165, 1.54) is 0 Å². The Balaban J connectivity index is 1.26. The molecule has 0 N–H and O–H groups in total. The minimum atomic E-state index is 0.513. The van der Waals surface area contributed by atoms with Crippen molar-refractivity contribution in [2.45, 2.75) is 0 Å². The molecule has 10 aromatic rings. The third kappa shape index (κ3) is 4.13. The van der Waals surface area contributed by atoms with Crippen LogP contribution in [0.2, 0.25) is 0 Å². The topological polar surface area (TPSA) is 77.8 Å². The molecular weight excluding hydrogens is 592 g/mol. The maximum atomic E-state index is 6.53. The van der Waals surface area contributed by atoms with E-state index in [1.807, 2.05) is 72.9 Å². The van der Waals surface area contributed by atoms with Crippen molar-refractivity contribution >= 4 is 54.6 Å². The first-order valence-corrected chi connectivity index (χ1v) is 15.8. The van der Waals surface area contributed by atoms with Crippen LogP contribution in [0.15, 0.2) is 155 Å². The molecule has 0 atom stereocenters. The number of furan rings is 2. The van der Waals surface area contributed by atoms with Crippen molar-refractivity contribution in [2.75, 3.05) is 0 Å². The van der Waals surface area contributed by atoms with Crippen molar-refractivity contribution in [3.63, 3.8) is 0 Å². The minimum Gasteiger partial charge on any atom is -0.456 e. The van der Waals surface area contributed by atoms with Gasteiger partial charge in [0.05, 0.1) is 6.20 Å². The van der Waals surface area contributed by atoms with Crippen molar-refractivity contribution in [1.82, 2.24) is 19.9 Å². The van der Waals surface area contributed by atoms with Crippen LogP contribution in [0.5, 0.6) is 0 Å². The molecule has 224 valence electrons. The number of hydrogen-bond acceptors (Lipinski definition) is 6. The van der Waals surface area contributed by atoms with Crippen LogP contribution in [0.3, 0.4) is 0 Å². The predicted octanol–water partition coefficient (Wildman–Crippen LogP) is 10.9. The van der Waals surface area contributed by atoms with E-state index in [9.17, 15) is 0 Å². The minimum absolute atomic E-state index is 0.513. The zero-order valence-corrected chi connectivity index (χ0v) is 25.5. The highest BCUT2D eigenvalue weighted by molar-refractivity contribution is 6.15. The smallest absolute Gasteiger partial charge is 0.166 e. The van der Waals surface area contributed by atoms with Gasteiger partial charge in [-0.25, -0.2) is 15.0 Å². The summed E-state index contributed by atoms with van der Waals surface area (Å²) in [6.07, 6.45) is 3.59. The molecule has 6 aromatic carbocycles. The normalized spacial score (nSPS) is 11.8. The summed E-state index contributed by atoms with van der Waals surface area (Å²) < 4.78 is 12.8. The molecule has 0 bridgehead atoms. The SMILES string of the molecule is c1ccc(-c2cccc3c2oc2cncc(-c4nc(-c5ccc6ccccc6c5)nc(-c5cccc6oc7ccccc7c56)n4)c23)cc1. The highest BCUT2D eigenvalue weighted by Crippen LogP contribution is 2.41. The molecule has 0 aliphatic carbocycles. The lowest BCUT2D eigenvalue weighted by Gasteiger charge is -2.10. The fraction of sp³-hybridized carbons (Fsp3) is 0. The lowest BCUT2D eigenvalue weighted by molar-refractivity contribution is 0.668. The lowest BCUT2D eigenvalue weighted by Crippen LogP contribution is -2.01. The van der Waals surface area contributed by atoms with Crippen molar-refractivity contribution in [3.8, 4) is 45.3 Å². The Hall–Kier alpha value is -6.66. The van der Waals surface area contributed by atoms with E-state index in [0.717, 1.165) is 76.9 Å². The first-order chi connectivity index (χ1) is 23.8. The summed E-state index contributed by atoms with van der Waals surface area (Å²) in [6.45, 7) is 0. The van der Waals surface area contributed by atoms with Crippen LogP contribution in [-0.2, 0) is 0 Å². The Morgan fingerprint density at radius 2 is 1.08 bits per heavy atom. The highest BCUT2D eigenvalue weighted by Gasteiger charge is 2.21. The van der Waals surface area contributed by atoms with Gasteiger partial charge in [0.25, 0.3) is 0 Å². The fourth-order valence-electron chi connectivity index (χ4n) is 6.80. The summed E-state index contributed by atoms with van der Waals surface area (Å²) in [5.41, 5.74) is 7.69. The van der Waals surface area contributed by atoms with Crippen LogP contribution in [0, 0.1) is 0 Å². The number of aromatic nitrogens is 4. The first-order valence-electron chi connectivity index (χ1n) is 15.8. The van der Waals surface area contributed by atoms with Crippen LogP contribution >= 0.6 is 0 Å². The molecule has 0 aliphatic rings. The Bertz CT molecular complexity index is 2850. The van der Waals surface area contributed by atoms with Crippen molar-refractivity contribution in [3.05, 3.63) is 146 Å². The number of para-hydroxylation sites is 2. The maximum Gasteiger partial charge on any atom is 0.166 e. The second-order valence-electron chi connectivity index (χ2n) is 11.9. The van der Waals surface area contributed by atoms with Gasteiger partial charge < -0.3 is 8.83 Å². The molecule has 6 heteroatoms. The lowest BCUT2D eigenvalue weighted by atomic mass is 10.0. The number of nitrogens with zero attached hydrogens (tertiary/aromatic N) is 4. The van der Waals surface area contributed by atoms with E-state index in [2.05, 4.69) is 71.7 Å². The number of pyridine rings is 1. The van der Waals surface area contributed by atoms with Gasteiger partial charge in [0.15, 0.2) is 23.1 Å². The molecule has 0 saturated carbocycles. The van der Waals surface area contributed by atoms with Crippen LogP contribution in [0.1, 0.15) is 0 Å². The zero-order valence-electron chi connectivity index (χ0n) is 25.5. The molecule has 0 radical (unpaired) electrons. The number of fused-ring (bicyclic) bond motifs is 7. The Kier molecular flexibility index (Phi) is 5.77. The first kappa shape index (κ1) is 26.5. The number of rotatable bonds is 4. The third-order valence-corrected chi connectivity index (χ3v) is 9.02. The number of benzene rings is 6.